The average molecular weight is 384 g/mol. The van der Waals surface area contributed by atoms with Gasteiger partial charge in [0.1, 0.15) is 11.6 Å². The first-order valence-corrected chi connectivity index (χ1v) is 8.06. The molecule has 1 aromatic heterocycles. The number of halogens is 3. The number of nitrogens with zero attached hydrogens (tertiary/aromatic N) is 3. The van der Waals surface area contributed by atoms with Crippen molar-refractivity contribution in [3.63, 3.8) is 0 Å². The summed E-state index contributed by atoms with van der Waals surface area (Å²) in [6.45, 7) is 1.78. The SMILES string of the molecule is CN(C(=O)Nc1cnc(-c2cc(F)cc(F)c2)cn1)C1CCNCC1.Cl. The minimum Gasteiger partial charge on any atom is -0.324 e. The number of nitrogens with one attached hydrogen (secondary N) is 2. The fourth-order valence-electron chi connectivity index (χ4n) is 2.80. The number of anilines is 1. The van der Waals surface area contributed by atoms with Gasteiger partial charge in [-0.3, -0.25) is 10.3 Å². The van der Waals surface area contributed by atoms with Gasteiger partial charge in [0.15, 0.2) is 5.82 Å². The summed E-state index contributed by atoms with van der Waals surface area (Å²) in [6.07, 6.45) is 4.54. The van der Waals surface area contributed by atoms with Crippen LogP contribution in [0.4, 0.5) is 19.4 Å². The summed E-state index contributed by atoms with van der Waals surface area (Å²) in [5, 5.41) is 5.94. The molecular weight excluding hydrogens is 364 g/mol. The quantitative estimate of drug-likeness (QED) is 0.854. The molecule has 1 fully saturated rings. The molecule has 0 unspecified atom stereocenters. The van der Waals surface area contributed by atoms with Crippen LogP contribution in [0.2, 0.25) is 0 Å². The molecule has 0 radical (unpaired) electrons. The molecule has 2 heterocycles. The van der Waals surface area contributed by atoms with Crippen LogP contribution in [0.15, 0.2) is 30.6 Å². The standard InChI is InChI=1S/C17H19F2N5O.ClH/c1-24(14-2-4-20-5-3-14)17(25)23-16-10-21-15(9-22-16)11-6-12(18)8-13(19)7-11;/h6-10,14,20H,2-5H2,1H3,(H,22,23,25);1H. The number of amides is 2. The number of rotatable bonds is 3. The normalized spacial score (nSPS) is 14.4. The third-order valence-corrected chi connectivity index (χ3v) is 4.22. The van der Waals surface area contributed by atoms with Gasteiger partial charge in [-0.15, -0.1) is 12.4 Å². The van der Waals surface area contributed by atoms with E-state index in [0.717, 1.165) is 32.0 Å². The van der Waals surface area contributed by atoms with Gasteiger partial charge in [0.25, 0.3) is 0 Å². The topological polar surface area (TPSA) is 70.2 Å². The van der Waals surface area contributed by atoms with E-state index in [2.05, 4.69) is 20.6 Å². The highest BCUT2D eigenvalue weighted by Gasteiger charge is 2.22. The summed E-state index contributed by atoms with van der Waals surface area (Å²) >= 11 is 0. The summed E-state index contributed by atoms with van der Waals surface area (Å²) in [6, 6.07) is 3.07. The third-order valence-electron chi connectivity index (χ3n) is 4.22. The van der Waals surface area contributed by atoms with Crippen LogP contribution in [-0.4, -0.2) is 47.1 Å². The molecule has 0 saturated carbocycles. The largest absolute Gasteiger partial charge is 0.324 e. The van der Waals surface area contributed by atoms with E-state index in [1.165, 1.54) is 24.5 Å². The van der Waals surface area contributed by atoms with Crippen LogP contribution in [0.25, 0.3) is 11.3 Å². The molecule has 1 saturated heterocycles. The highest BCUT2D eigenvalue weighted by molar-refractivity contribution is 5.88. The zero-order chi connectivity index (χ0) is 17.8. The van der Waals surface area contributed by atoms with Gasteiger partial charge in [0.2, 0.25) is 0 Å². The number of benzene rings is 1. The number of carbonyl (C=O) groups is 1. The molecule has 0 aliphatic carbocycles. The van der Waals surface area contributed by atoms with Crippen molar-refractivity contribution in [1.82, 2.24) is 20.2 Å². The van der Waals surface area contributed by atoms with E-state index >= 15 is 0 Å². The van der Waals surface area contributed by atoms with Gasteiger partial charge >= 0.3 is 6.03 Å². The lowest BCUT2D eigenvalue weighted by Crippen LogP contribution is -2.45. The van der Waals surface area contributed by atoms with Crippen LogP contribution >= 0.6 is 12.4 Å². The number of hydrogen-bond acceptors (Lipinski definition) is 4. The summed E-state index contributed by atoms with van der Waals surface area (Å²) in [5.74, 6) is -1.08. The van der Waals surface area contributed by atoms with Crippen molar-refractivity contribution in [2.75, 3.05) is 25.5 Å². The van der Waals surface area contributed by atoms with Crippen molar-refractivity contribution in [1.29, 1.82) is 0 Å². The van der Waals surface area contributed by atoms with E-state index in [1.807, 2.05) is 0 Å². The van der Waals surface area contributed by atoms with Crippen LogP contribution in [0.3, 0.4) is 0 Å². The Balaban J connectivity index is 0.00000243. The Kier molecular flexibility index (Phi) is 6.82. The molecule has 6 nitrogen and oxygen atoms in total. The Morgan fingerprint density at radius 3 is 2.38 bits per heavy atom. The first kappa shape index (κ1) is 20.0. The maximum Gasteiger partial charge on any atom is 0.323 e. The summed E-state index contributed by atoms with van der Waals surface area (Å²) in [4.78, 5) is 22.2. The maximum atomic E-state index is 13.3. The van der Waals surface area contributed by atoms with Crippen LogP contribution in [0, 0.1) is 11.6 Å². The Hall–Kier alpha value is -2.32. The Bertz CT molecular complexity index is 733. The van der Waals surface area contributed by atoms with Gasteiger partial charge in [0.05, 0.1) is 18.1 Å². The fourth-order valence-corrected chi connectivity index (χ4v) is 2.80. The van der Waals surface area contributed by atoms with Crippen molar-refractivity contribution in [2.45, 2.75) is 18.9 Å². The first-order valence-electron chi connectivity index (χ1n) is 8.06. The number of hydrogen-bond donors (Lipinski definition) is 2. The van der Waals surface area contributed by atoms with E-state index in [4.69, 9.17) is 0 Å². The zero-order valence-electron chi connectivity index (χ0n) is 14.2. The molecule has 140 valence electrons. The summed E-state index contributed by atoms with van der Waals surface area (Å²) < 4.78 is 26.6. The van der Waals surface area contributed by atoms with Crippen molar-refractivity contribution in [3.05, 3.63) is 42.2 Å². The lowest BCUT2D eigenvalue weighted by molar-refractivity contribution is 0.189. The predicted molar refractivity (Wildman–Crippen MR) is 97.3 cm³/mol. The lowest BCUT2D eigenvalue weighted by Gasteiger charge is -2.31. The van der Waals surface area contributed by atoms with Crippen molar-refractivity contribution >= 4 is 24.3 Å². The molecule has 26 heavy (non-hydrogen) atoms. The fraction of sp³-hybridized carbons (Fsp3) is 0.353. The summed E-state index contributed by atoms with van der Waals surface area (Å²) in [5.41, 5.74) is 0.609. The van der Waals surface area contributed by atoms with E-state index < -0.39 is 11.6 Å². The average Bonchev–Trinajstić information content (AvgIpc) is 2.61. The van der Waals surface area contributed by atoms with Crippen molar-refractivity contribution in [3.8, 4) is 11.3 Å². The number of carbonyl (C=O) groups excluding carboxylic acids is 1. The Morgan fingerprint density at radius 1 is 1.15 bits per heavy atom. The van der Waals surface area contributed by atoms with E-state index in [1.54, 1.807) is 11.9 Å². The van der Waals surface area contributed by atoms with Crippen LogP contribution in [0.1, 0.15) is 12.8 Å². The maximum absolute atomic E-state index is 13.3. The molecule has 1 aliphatic heterocycles. The molecule has 3 rings (SSSR count). The van der Waals surface area contributed by atoms with Gasteiger partial charge in [-0.2, -0.15) is 0 Å². The third kappa shape index (κ3) is 4.86. The molecule has 0 spiro atoms. The molecular formula is C17H20ClF2N5O. The van der Waals surface area contributed by atoms with Gasteiger partial charge in [-0.25, -0.2) is 18.6 Å². The van der Waals surface area contributed by atoms with Crippen LogP contribution in [0.5, 0.6) is 0 Å². The number of piperidine rings is 1. The Morgan fingerprint density at radius 2 is 1.81 bits per heavy atom. The Labute approximate surface area is 156 Å². The minimum absolute atomic E-state index is 0. The molecule has 2 N–H and O–H groups in total. The second-order valence-electron chi connectivity index (χ2n) is 5.97. The zero-order valence-corrected chi connectivity index (χ0v) is 15.0. The van der Waals surface area contributed by atoms with E-state index in [0.29, 0.717) is 5.69 Å². The predicted octanol–water partition coefficient (Wildman–Crippen LogP) is 3.06. The van der Waals surface area contributed by atoms with E-state index in [9.17, 15) is 13.6 Å². The van der Waals surface area contributed by atoms with Gasteiger partial charge in [-0.05, 0) is 38.1 Å². The van der Waals surface area contributed by atoms with Crippen LogP contribution in [-0.2, 0) is 0 Å². The number of urea groups is 1. The van der Waals surface area contributed by atoms with Gasteiger partial charge in [0, 0.05) is 24.7 Å². The highest BCUT2D eigenvalue weighted by Crippen LogP contribution is 2.20. The number of aromatic nitrogens is 2. The smallest absolute Gasteiger partial charge is 0.323 e. The summed E-state index contributed by atoms with van der Waals surface area (Å²) in [7, 11) is 1.75. The highest BCUT2D eigenvalue weighted by atomic mass is 35.5. The van der Waals surface area contributed by atoms with Gasteiger partial charge < -0.3 is 10.2 Å². The molecule has 0 atom stereocenters. The monoisotopic (exact) mass is 383 g/mol. The first-order chi connectivity index (χ1) is 12.0. The molecule has 9 heteroatoms. The van der Waals surface area contributed by atoms with Crippen LogP contribution < -0.4 is 10.6 Å². The molecule has 1 aromatic carbocycles. The second-order valence-corrected chi connectivity index (χ2v) is 5.97. The molecule has 1 aliphatic rings. The molecule has 2 amide bonds. The van der Waals surface area contributed by atoms with Crippen molar-refractivity contribution in [2.24, 2.45) is 0 Å². The molecule has 2 aromatic rings. The lowest BCUT2D eigenvalue weighted by atomic mass is 10.1. The molecule has 0 bridgehead atoms. The minimum atomic E-state index is -0.683. The van der Waals surface area contributed by atoms with Crippen molar-refractivity contribution < 1.29 is 13.6 Å². The van der Waals surface area contributed by atoms with Gasteiger partial charge in [-0.1, -0.05) is 0 Å². The second kappa shape index (κ2) is 8.86. The van der Waals surface area contributed by atoms with E-state index in [-0.39, 0.29) is 35.9 Å².